The van der Waals surface area contributed by atoms with Crippen molar-refractivity contribution >= 4 is 0 Å². The van der Waals surface area contributed by atoms with Gasteiger partial charge in [0, 0.05) is 13.2 Å². The van der Waals surface area contributed by atoms with Crippen LogP contribution in [0.25, 0.3) is 0 Å². The lowest BCUT2D eigenvalue weighted by Crippen LogP contribution is -2.07. The Labute approximate surface area is 76.7 Å². The Bertz CT molecular complexity index is 66.2. The van der Waals surface area contributed by atoms with Gasteiger partial charge >= 0.3 is 0 Å². The van der Waals surface area contributed by atoms with Gasteiger partial charge in [-0.2, -0.15) is 0 Å². The molecule has 1 N–H and O–H groups in total. The molecule has 0 atom stereocenters. The second-order valence-corrected chi connectivity index (χ2v) is 3.13. The lowest BCUT2D eigenvalue weighted by molar-refractivity contribution is 0.130. The van der Waals surface area contributed by atoms with Crippen molar-refractivity contribution in [2.24, 2.45) is 0 Å². The van der Waals surface area contributed by atoms with E-state index in [-0.39, 0.29) is 0 Å². The Morgan fingerprint density at radius 3 is 2.42 bits per heavy atom. The van der Waals surface area contributed by atoms with E-state index < -0.39 is 0 Å². The smallest absolute Gasteiger partial charge is 0.0466 e. The average Bonchev–Trinajstić information content (AvgIpc) is 2.10. The number of hydrogen-bond acceptors (Lipinski definition) is 2. The first-order chi connectivity index (χ1) is 5.91. The molecule has 0 spiro atoms. The van der Waals surface area contributed by atoms with Gasteiger partial charge in [-0.3, -0.25) is 0 Å². The molecule has 0 heterocycles. The Balaban J connectivity index is 2.73. The van der Waals surface area contributed by atoms with Gasteiger partial charge in [0.15, 0.2) is 0 Å². The van der Waals surface area contributed by atoms with Crippen molar-refractivity contribution in [3.8, 4) is 0 Å². The van der Waals surface area contributed by atoms with Crippen LogP contribution >= 0.6 is 0 Å². The molecule has 0 aliphatic heterocycles. The maximum Gasteiger partial charge on any atom is 0.0466 e. The van der Waals surface area contributed by atoms with Gasteiger partial charge in [-0.15, -0.1) is 0 Å². The van der Waals surface area contributed by atoms with Crippen molar-refractivity contribution in [3.05, 3.63) is 0 Å². The highest BCUT2D eigenvalue weighted by Gasteiger charge is 1.89. The van der Waals surface area contributed by atoms with Crippen LogP contribution in [0.4, 0.5) is 0 Å². The number of hydrogen-bond donors (Lipinski definition) is 1. The number of rotatable bonds is 9. The van der Waals surface area contributed by atoms with Crippen LogP contribution in [-0.4, -0.2) is 26.8 Å². The monoisotopic (exact) mass is 173 g/mol. The Morgan fingerprint density at radius 2 is 1.75 bits per heavy atom. The van der Waals surface area contributed by atoms with Crippen LogP contribution in [0.5, 0.6) is 0 Å². The topological polar surface area (TPSA) is 21.3 Å². The van der Waals surface area contributed by atoms with E-state index in [1.54, 1.807) is 0 Å². The zero-order chi connectivity index (χ0) is 9.07. The molecule has 0 amide bonds. The van der Waals surface area contributed by atoms with Crippen LogP contribution in [0.1, 0.15) is 39.0 Å². The molecular formula is C10H23NO. The van der Waals surface area contributed by atoms with Gasteiger partial charge in [0.1, 0.15) is 0 Å². The largest absolute Gasteiger partial charge is 0.381 e. The van der Waals surface area contributed by atoms with E-state index in [1.807, 2.05) is 7.05 Å². The van der Waals surface area contributed by atoms with Gasteiger partial charge < -0.3 is 10.1 Å². The molecule has 0 unspecified atom stereocenters. The molecule has 0 aromatic rings. The maximum absolute atomic E-state index is 5.37. The van der Waals surface area contributed by atoms with Gasteiger partial charge in [-0.05, 0) is 32.9 Å². The highest BCUT2D eigenvalue weighted by atomic mass is 16.5. The molecule has 0 aromatic carbocycles. The van der Waals surface area contributed by atoms with E-state index in [9.17, 15) is 0 Å². The Kier molecular flexibility index (Phi) is 10.8. The molecule has 0 fully saturated rings. The first kappa shape index (κ1) is 11.9. The molecule has 0 radical (unpaired) electrons. The van der Waals surface area contributed by atoms with Crippen LogP contribution in [0, 0.1) is 0 Å². The molecule has 74 valence electrons. The standard InChI is InChI=1S/C10H23NO/c1-3-9-12-10-7-5-4-6-8-11-2/h11H,3-10H2,1-2H3. The van der Waals surface area contributed by atoms with E-state index >= 15 is 0 Å². The van der Waals surface area contributed by atoms with E-state index in [1.165, 1.54) is 25.7 Å². The van der Waals surface area contributed by atoms with Gasteiger partial charge in [0.05, 0.1) is 0 Å². The fourth-order valence-corrected chi connectivity index (χ4v) is 1.11. The average molecular weight is 173 g/mol. The summed E-state index contributed by atoms with van der Waals surface area (Å²) in [6.45, 7) is 5.17. The van der Waals surface area contributed by atoms with Crippen LogP contribution < -0.4 is 5.32 Å². The maximum atomic E-state index is 5.37. The predicted octanol–water partition coefficient (Wildman–Crippen LogP) is 2.19. The normalized spacial score (nSPS) is 10.5. The molecule has 12 heavy (non-hydrogen) atoms. The third-order valence-electron chi connectivity index (χ3n) is 1.81. The molecule has 0 saturated heterocycles. The second kappa shape index (κ2) is 10.9. The second-order valence-electron chi connectivity index (χ2n) is 3.13. The molecule has 0 aromatic heterocycles. The SMILES string of the molecule is CCCOCCCCCCNC. The summed E-state index contributed by atoms with van der Waals surface area (Å²) < 4.78 is 5.37. The fraction of sp³-hybridized carbons (Fsp3) is 1.00. The molecule has 2 heteroatoms. The van der Waals surface area contributed by atoms with Crippen molar-refractivity contribution in [3.63, 3.8) is 0 Å². The van der Waals surface area contributed by atoms with Crippen LogP contribution in [0.15, 0.2) is 0 Å². The van der Waals surface area contributed by atoms with Gasteiger partial charge in [-0.25, -0.2) is 0 Å². The molecule has 0 aliphatic rings. The molecule has 0 saturated carbocycles. The highest BCUT2D eigenvalue weighted by Crippen LogP contribution is 1.99. The minimum atomic E-state index is 0.927. The zero-order valence-corrected chi connectivity index (χ0v) is 8.57. The van der Waals surface area contributed by atoms with Crippen LogP contribution in [-0.2, 0) is 4.74 Å². The highest BCUT2D eigenvalue weighted by molar-refractivity contribution is 4.44. The minimum absolute atomic E-state index is 0.927. The van der Waals surface area contributed by atoms with Crippen molar-refractivity contribution in [1.29, 1.82) is 0 Å². The summed E-state index contributed by atoms with van der Waals surface area (Å²) >= 11 is 0. The Hall–Kier alpha value is -0.0800. The summed E-state index contributed by atoms with van der Waals surface area (Å²) in [5.74, 6) is 0. The third kappa shape index (κ3) is 9.92. The first-order valence-electron chi connectivity index (χ1n) is 5.14. The van der Waals surface area contributed by atoms with Gasteiger partial charge in [0.2, 0.25) is 0 Å². The van der Waals surface area contributed by atoms with Gasteiger partial charge in [0.25, 0.3) is 0 Å². The summed E-state index contributed by atoms with van der Waals surface area (Å²) in [5, 5.41) is 3.15. The van der Waals surface area contributed by atoms with Crippen LogP contribution in [0.3, 0.4) is 0 Å². The number of unbranched alkanes of at least 4 members (excludes halogenated alkanes) is 3. The molecule has 0 bridgehead atoms. The summed E-state index contributed by atoms with van der Waals surface area (Å²) in [6.07, 6.45) is 6.30. The molecule has 2 nitrogen and oxygen atoms in total. The third-order valence-corrected chi connectivity index (χ3v) is 1.81. The lowest BCUT2D eigenvalue weighted by Gasteiger charge is -2.02. The lowest BCUT2D eigenvalue weighted by atomic mass is 10.2. The minimum Gasteiger partial charge on any atom is -0.381 e. The number of nitrogens with one attached hydrogen (secondary N) is 1. The van der Waals surface area contributed by atoms with E-state index in [0.29, 0.717) is 0 Å². The van der Waals surface area contributed by atoms with Crippen molar-refractivity contribution in [2.75, 3.05) is 26.8 Å². The van der Waals surface area contributed by atoms with Crippen molar-refractivity contribution in [2.45, 2.75) is 39.0 Å². The summed E-state index contributed by atoms with van der Waals surface area (Å²) in [5.41, 5.74) is 0. The predicted molar refractivity (Wildman–Crippen MR) is 53.5 cm³/mol. The van der Waals surface area contributed by atoms with Crippen molar-refractivity contribution < 1.29 is 4.74 Å². The molecule has 0 rings (SSSR count). The summed E-state index contributed by atoms with van der Waals surface area (Å²) in [7, 11) is 2.00. The summed E-state index contributed by atoms with van der Waals surface area (Å²) in [4.78, 5) is 0. The van der Waals surface area contributed by atoms with E-state index in [4.69, 9.17) is 4.74 Å². The van der Waals surface area contributed by atoms with E-state index in [2.05, 4.69) is 12.2 Å². The quantitative estimate of drug-likeness (QED) is 0.540. The molecule has 0 aliphatic carbocycles. The Morgan fingerprint density at radius 1 is 1.00 bits per heavy atom. The van der Waals surface area contributed by atoms with Crippen molar-refractivity contribution in [1.82, 2.24) is 5.32 Å². The van der Waals surface area contributed by atoms with Crippen LogP contribution in [0.2, 0.25) is 0 Å². The molecular weight excluding hydrogens is 150 g/mol. The summed E-state index contributed by atoms with van der Waals surface area (Å²) in [6, 6.07) is 0. The number of ether oxygens (including phenoxy) is 1. The van der Waals surface area contributed by atoms with E-state index in [0.717, 1.165) is 26.2 Å². The first-order valence-corrected chi connectivity index (χ1v) is 5.14. The zero-order valence-electron chi connectivity index (χ0n) is 8.57. The fourth-order valence-electron chi connectivity index (χ4n) is 1.11. The van der Waals surface area contributed by atoms with Gasteiger partial charge in [-0.1, -0.05) is 19.8 Å².